The van der Waals surface area contributed by atoms with Gasteiger partial charge in [-0.25, -0.2) is 4.79 Å². The second-order valence-electron chi connectivity index (χ2n) is 6.96. The second kappa shape index (κ2) is 8.02. The van der Waals surface area contributed by atoms with Crippen LogP contribution in [-0.2, 0) is 22.4 Å². The molecule has 2 aromatic heterocycles. The Morgan fingerprint density at radius 3 is 2.70 bits per heavy atom. The summed E-state index contributed by atoms with van der Waals surface area (Å²) in [5, 5.41) is 13.2. The molecule has 3 rings (SSSR count). The quantitative estimate of drug-likeness (QED) is 0.543. The molecular weight excluding hydrogens is 423 g/mol. The number of ether oxygens (including phenoxy) is 1. The van der Waals surface area contributed by atoms with Gasteiger partial charge in [0.05, 0.1) is 18.9 Å². The number of esters is 1. The number of carbonyl (C=O) groups is 2. The van der Waals surface area contributed by atoms with Gasteiger partial charge in [0.15, 0.2) is 5.76 Å². The molecule has 2 heterocycles. The van der Waals surface area contributed by atoms with Crippen LogP contribution in [0.5, 0.6) is 0 Å². The molecular formula is C19H18F3N3O4S. The standard InChI is InChI=1S/C19H18F3N3O4S/c1-10-5-6-11-12(9-23)16(30-14(11)8-10)25-18(17(27)28-2,19(20,21)22)24-15(26)13-4-3-7-29-13/h3-4,7,10,25H,5-6,8H2,1-2H3,(H,24,26)/t10-,18-/m1/s1. The van der Waals surface area contributed by atoms with Crippen molar-refractivity contribution in [3.05, 3.63) is 40.2 Å². The molecule has 1 amide bonds. The molecule has 2 atom stereocenters. The number of furan rings is 1. The highest BCUT2D eigenvalue weighted by atomic mass is 32.1. The molecule has 0 unspecified atom stereocenters. The number of hydrogen-bond acceptors (Lipinski definition) is 7. The lowest BCUT2D eigenvalue weighted by atomic mass is 9.88. The number of hydrogen-bond donors (Lipinski definition) is 2. The highest BCUT2D eigenvalue weighted by Gasteiger charge is 2.64. The fourth-order valence-corrected chi connectivity index (χ4v) is 4.73. The Morgan fingerprint density at radius 2 is 2.13 bits per heavy atom. The molecule has 2 N–H and O–H groups in total. The lowest BCUT2D eigenvalue weighted by Crippen LogP contribution is -2.69. The van der Waals surface area contributed by atoms with E-state index in [-0.39, 0.29) is 10.6 Å². The predicted octanol–water partition coefficient (Wildman–Crippen LogP) is 3.61. The monoisotopic (exact) mass is 441 g/mol. The van der Waals surface area contributed by atoms with E-state index in [0.29, 0.717) is 24.3 Å². The summed E-state index contributed by atoms with van der Waals surface area (Å²) in [6, 6.07) is 4.40. The fraction of sp³-hybridized carbons (Fsp3) is 0.421. The summed E-state index contributed by atoms with van der Waals surface area (Å²) in [5.74, 6) is -3.15. The summed E-state index contributed by atoms with van der Waals surface area (Å²) in [6.07, 6.45) is -2.22. The first kappa shape index (κ1) is 21.7. The van der Waals surface area contributed by atoms with E-state index in [0.717, 1.165) is 42.1 Å². The van der Waals surface area contributed by atoms with Gasteiger partial charge in [0, 0.05) is 4.88 Å². The van der Waals surface area contributed by atoms with Crippen molar-refractivity contribution >= 4 is 28.2 Å². The number of amides is 1. The van der Waals surface area contributed by atoms with E-state index < -0.39 is 29.5 Å². The van der Waals surface area contributed by atoms with Gasteiger partial charge in [-0.3, -0.25) is 4.79 Å². The topological polar surface area (TPSA) is 104 Å². The van der Waals surface area contributed by atoms with Crippen molar-refractivity contribution < 1.29 is 31.9 Å². The number of nitriles is 1. The summed E-state index contributed by atoms with van der Waals surface area (Å²) in [4.78, 5) is 25.5. The van der Waals surface area contributed by atoms with Gasteiger partial charge < -0.3 is 19.8 Å². The average molecular weight is 441 g/mol. The number of anilines is 1. The van der Waals surface area contributed by atoms with E-state index in [4.69, 9.17) is 4.42 Å². The number of rotatable bonds is 5. The normalized spacial score (nSPS) is 17.9. The molecule has 0 saturated heterocycles. The van der Waals surface area contributed by atoms with Crippen molar-refractivity contribution in [2.75, 3.05) is 12.4 Å². The zero-order valence-electron chi connectivity index (χ0n) is 16.1. The first-order chi connectivity index (χ1) is 14.1. The minimum atomic E-state index is -5.30. The molecule has 0 spiro atoms. The van der Waals surface area contributed by atoms with Crippen LogP contribution in [0.2, 0.25) is 0 Å². The number of nitrogens with one attached hydrogen (secondary N) is 2. The van der Waals surface area contributed by atoms with Gasteiger partial charge in [-0.15, -0.1) is 11.3 Å². The molecule has 0 bridgehead atoms. The van der Waals surface area contributed by atoms with Crippen LogP contribution in [0.15, 0.2) is 22.8 Å². The maximum Gasteiger partial charge on any atom is 0.441 e. The summed E-state index contributed by atoms with van der Waals surface area (Å²) in [6.45, 7) is 2.01. The minimum absolute atomic E-state index is 0.0340. The number of carbonyl (C=O) groups excluding carboxylic acids is 2. The Hall–Kier alpha value is -3.00. The van der Waals surface area contributed by atoms with Crippen LogP contribution in [-0.4, -0.2) is 30.8 Å². The zero-order valence-corrected chi connectivity index (χ0v) is 16.9. The molecule has 0 saturated carbocycles. The van der Waals surface area contributed by atoms with E-state index in [9.17, 15) is 28.0 Å². The van der Waals surface area contributed by atoms with Crippen molar-refractivity contribution in [2.24, 2.45) is 5.92 Å². The van der Waals surface area contributed by atoms with Crippen LogP contribution in [0.4, 0.5) is 18.2 Å². The predicted molar refractivity (Wildman–Crippen MR) is 101 cm³/mol. The molecule has 1 aliphatic rings. The molecule has 0 radical (unpaired) electrons. The van der Waals surface area contributed by atoms with Crippen molar-refractivity contribution in [1.29, 1.82) is 5.26 Å². The number of alkyl halides is 3. The maximum atomic E-state index is 14.2. The number of fused-ring (bicyclic) bond motifs is 1. The van der Waals surface area contributed by atoms with Crippen LogP contribution in [0, 0.1) is 17.2 Å². The van der Waals surface area contributed by atoms with Gasteiger partial charge in [-0.2, -0.15) is 18.4 Å². The van der Waals surface area contributed by atoms with Gasteiger partial charge >= 0.3 is 17.8 Å². The second-order valence-corrected chi connectivity index (χ2v) is 8.07. The molecule has 30 heavy (non-hydrogen) atoms. The van der Waals surface area contributed by atoms with E-state index in [1.54, 1.807) is 5.32 Å². The van der Waals surface area contributed by atoms with Crippen LogP contribution >= 0.6 is 11.3 Å². The lowest BCUT2D eigenvalue weighted by molar-refractivity contribution is -0.203. The Labute approximate surface area is 173 Å². The van der Waals surface area contributed by atoms with Crippen LogP contribution in [0.1, 0.15) is 39.9 Å². The third-order valence-corrected chi connectivity index (χ3v) is 6.06. The van der Waals surface area contributed by atoms with Crippen molar-refractivity contribution in [3.8, 4) is 6.07 Å². The number of thiophene rings is 1. The Kier molecular flexibility index (Phi) is 5.81. The van der Waals surface area contributed by atoms with Crippen LogP contribution in [0.25, 0.3) is 0 Å². The van der Waals surface area contributed by atoms with E-state index in [1.165, 1.54) is 6.07 Å². The number of nitrogens with zero attached hydrogens (tertiary/aromatic N) is 1. The fourth-order valence-electron chi connectivity index (χ4n) is 3.31. The molecule has 11 heteroatoms. The molecule has 0 aliphatic heterocycles. The summed E-state index contributed by atoms with van der Waals surface area (Å²) in [5.41, 5.74) is -2.91. The van der Waals surface area contributed by atoms with Crippen molar-refractivity contribution in [3.63, 3.8) is 0 Å². The first-order valence-corrected chi connectivity index (χ1v) is 9.78. The van der Waals surface area contributed by atoms with Gasteiger partial charge in [0.2, 0.25) is 0 Å². The third-order valence-electron chi connectivity index (χ3n) is 4.89. The van der Waals surface area contributed by atoms with E-state index >= 15 is 0 Å². The molecule has 7 nitrogen and oxygen atoms in total. The van der Waals surface area contributed by atoms with Gasteiger partial charge in [-0.05, 0) is 42.9 Å². The largest absolute Gasteiger partial charge is 0.466 e. The molecule has 160 valence electrons. The molecule has 0 fully saturated rings. The van der Waals surface area contributed by atoms with Gasteiger partial charge in [0.25, 0.3) is 5.91 Å². The Bertz CT molecular complexity index is 994. The van der Waals surface area contributed by atoms with Crippen molar-refractivity contribution in [1.82, 2.24) is 5.32 Å². The van der Waals surface area contributed by atoms with Crippen LogP contribution in [0.3, 0.4) is 0 Å². The SMILES string of the molecule is COC(=O)[C@@](NC(=O)c1ccco1)(Nc1sc2c(c1C#N)CC[C@@H](C)C2)C(F)(F)F. The lowest BCUT2D eigenvalue weighted by Gasteiger charge is -2.34. The highest BCUT2D eigenvalue weighted by molar-refractivity contribution is 7.16. The number of halogens is 3. The first-order valence-electron chi connectivity index (χ1n) is 8.97. The third kappa shape index (κ3) is 3.75. The molecule has 1 aliphatic carbocycles. The number of methoxy groups -OCH3 is 1. The van der Waals surface area contributed by atoms with Gasteiger partial charge in [-0.1, -0.05) is 6.92 Å². The van der Waals surface area contributed by atoms with Crippen molar-refractivity contribution in [2.45, 2.75) is 38.0 Å². The Balaban J connectivity index is 2.08. The van der Waals surface area contributed by atoms with Gasteiger partial charge in [0.1, 0.15) is 11.1 Å². The summed E-state index contributed by atoms with van der Waals surface area (Å²) < 4.78 is 51.8. The summed E-state index contributed by atoms with van der Waals surface area (Å²) >= 11 is 0.970. The Morgan fingerprint density at radius 1 is 1.40 bits per heavy atom. The zero-order chi connectivity index (χ0) is 22.1. The van der Waals surface area contributed by atoms with Crippen LogP contribution < -0.4 is 10.6 Å². The maximum absolute atomic E-state index is 14.2. The van der Waals surface area contributed by atoms with E-state index in [1.807, 2.05) is 13.0 Å². The summed E-state index contributed by atoms with van der Waals surface area (Å²) in [7, 11) is 0.774. The molecule has 2 aromatic rings. The molecule has 0 aromatic carbocycles. The highest BCUT2D eigenvalue weighted by Crippen LogP contribution is 2.42. The minimum Gasteiger partial charge on any atom is -0.466 e. The smallest absolute Gasteiger partial charge is 0.441 e. The van der Waals surface area contributed by atoms with E-state index in [2.05, 4.69) is 10.1 Å². The average Bonchev–Trinajstić information content (AvgIpc) is 3.32.